The molecule has 2 saturated carbocycles. The van der Waals surface area contributed by atoms with Gasteiger partial charge in [0.15, 0.2) is 17.8 Å². The maximum atomic E-state index is 13.6. The second kappa shape index (κ2) is 5.44. The monoisotopic (exact) mass is 465 g/mol. The zero-order valence-corrected chi connectivity index (χ0v) is 18.2. The summed E-state index contributed by atoms with van der Waals surface area (Å²) in [4.78, 5) is 41.6. The van der Waals surface area contributed by atoms with Gasteiger partial charge in [0.2, 0.25) is 11.9 Å². The van der Waals surface area contributed by atoms with Gasteiger partial charge in [-0.25, -0.2) is 9.59 Å². The Kier molecular flexibility index (Phi) is 3.48. The minimum Gasteiger partial charge on any atom is -0.459 e. The van der Waals surface area contributed by atoms with Crippen molar-refractivity contribution in [3.8, 4) is 0 Å². The fraction of sp³-hybridized carbons (Fsp3) is 0.850. The van der Waals surface area contributed by atoms with Crippen molar-refractivity contribution in [3.05, 3.63) is 10.4 Å². The number of rotatable bonds is 1. The number of aliphatic hydroxyl groups excluding tert-OH is 2. The highest BCUT2D eigenvalue weighted by atomic mass is 16.8. The SMILES string of the molecule is C[C@@H]1C(=O)OC2[C@H](O)C34C5OC(=O)C3(OC3OC(=O)[C@H](O)C34C(C(C)(C)C)C5N=[N+]=[N-])[C@]21O. The summed E-state index contributed by atoms with van der Waals surface area (Å²) < 4.78 is 22.5. The van der Waals surface area contributed by atoms with Crippen LogP contribution in [0.5, 0.6) is 0 Å². The minimum absolute atomic E-state index is 0.806. The number of ether oxygens (including phenoxy) is 4. The Bertz CT molecular complexity index is 1080. The summed E-state index contributed by atoms with van der Waals surface area (Å²) in [6.45, 7) is 6.66. The third-order valence-electron chi connectivity index (χ3n) is 9.13. The molecule has 0 radical (unpaired) electrons. The predicted molar refractivity (Wildman–Crippen MR) is 100 cm³/mol. The first-order valence-corrected chi connectivity index (χ1v) is 10.7. The summed E-state index contributed by atoms with van der Waals surface area (Å²) in [5.74, 6) is -5.23. The highest BCUT2D eigenvalue weighted by Gasteiger charge is 3.05. The van der Waals surface area contributed by atoms with Crippen LogP contribution in [-0.4, -0.2) is 81.2 Å². The Morgan fingerprint density at radius 2 is 1.73 bits per heavy atom. The molecule has 4 heterocycles. The zero-order chi connectivity index (χ0) is 24.1. The van der Waals surface area contributed by atoms with Gasteiger partial charge in [0.25, 0.3) is 0 Å². The molecule has 0 aromatic rings. The lowest BCUT2D eigenvalue weighted by Crippen LogP contribution is -2.67. The molecule has 4 aliphatic heterocycles. The molecule has 0 aromatic carbocycles. The third-order valence-corrected chi connectivity index (χ3v) is 9.13. The van der Waals surface area contributed by atoms with Crippen molar-refractivity contribution >= 4 is 17.9 Å². The van der Waals surface area contributed by atoms with Crippen LogP contribution in [0.1, 0.15) is 27.7 Å². The smallest absolute Gasteiger partial charge is 0.343 e. The van der Waals surface area contributed by atoms with E-state index in [0.29, 0.717) is 0 Å². The first kappa shape index (κ1) is 21.1. The summed E-state index contributed by atoms with van der Waals surface area (Å²) in [7, 11) is 0. The van der Waals surface area contributed by atoms with Gasteiger partial charge in [0, 0.05) is 4.91 Å². The molecular formula is C20H23N3O10. The Morgan fingerprint density at radius 1 is 1.06 bits per heavy atom. The van der Waals surface area contributed by atoms with E-state index >= 15 is 0 Å². The van der Waals surface area contributed by atoms with Crippen LogP contribution in [0.25, 0.3) is 10.4 Å². The fourth-order valence-corrected chi connectivity index (χ4v) is 8.45. The lowest BCUT2D eigenvalue weighted by atomic mass is 9.51. The first-order chi connectivity index (χ1) is 15.3. The van der Waals surface area contributed by atoms with Crippen molar-refractivity contribution in [2.45, 2.75) is 75.6 Å². The van der Waals surface area contributed by atoms with E-state index < -0.39 is 93.9 Å². The van der Waals surface area contributed by atoms with Crippen LogP contribution in [-0.2, 0) is 33.3 Å². The number of carbonyl (C=O) groups excluding carboxylic acids is 3. The number of fused-ring (bicyclic) bond motifs is 1. The van der Waals surface area contributed by atoms with Gasteiger partial charge in [-0.05, 0) is 23.8 Å². The van der Waals surface area contributed by atoms with E-state index in [1.165, 1.54) is 6.92 Å². The molecule has 6 fully saturated rings. The van der Waals surface area contributed by atoms with Crippen LogP contribution in [0, 0.1) is 28.1 Å². The van der Waals surface area contributed by atoms with Gasteiger partial charge in [-0.1, -0.05) is 25.9 Å². The first-order valence-electron chi connectivity index (χ1n) is 10.7. The molecule has 2 aliphatic carbocycles. The van der Waals surface area contributed by atoms with Crippen LogP contribution in [0.15, 0.2) is 5.11 Å². The Hall–Kier alpha value is -2.44. The highest BCUT2D eigenvalue weighted by molar-refractivity contribution is 5.94. The lowest BCUT2D eigenvalue weighted by molar-refractivity contribution is -0.239. The van der Waals surface area contributed by atoms with Crippen LogP contribution in [0.3, 0.4) is 0 Å². The number of hydrogen-bond donors (Lipinski definition) is 3. The average Bonchev–Trinajstić information content (AvgIpc) is 3.41. The summed E-state index contributed by atoms with van der Waals surface area (Å²) in [6, 6.07) is -1.15. The number of hydrogen-bond acceptors (Lipinski definition) is 11. The fourth-order valence-electron chi connectivity index (χ4n) is 8.45. The number of esters is 3. The molecule has 13 heteroatoms. The minimum atomic E-state index is -2.42. The quantitative estimate of drug-likeness (QED) is 0.141. The van der Waals surface area contributed by atoms with E-state index in [9.17, 15) is 35.2 Å². The van der Waals surface area contributed by atoms with Crippen molar-refractivity contribution in [2.24, 2.45) is 33.2 Å². The van der Waals surface area contributed by atoms with Gasteiger partial charge in [-0.2, -0.15) is 0 Å². The van der Waals surface area contributed by atoms with Gasteiger partial charge in [-0.15, -0.1) is 0 Å². The molecule has 0 bridgehead atoms. The molecule has 2 spiro atoms. The van der Waals surface area contributed by atoms with Crippen molar-refractivity contribution in [1.82, 2.24) is 0 Å². The molecule has 33 heavy (non-hydrogen) atoms. The van der Waals surface area contributed by atoms with E-state index in [1.807, 2.05) is 0 Å². The van der Waals surface area contributed by atoms with E-state index in [-0.39, 0.29) is 0 Å². The number of carbonyl (C=O) groups is 3. The van der Waals surface area contributed by atoms with Crippen molar-refractivity contribution in [2.75, 3.05) is 0 Å². The summed E-state index contributed by atoms with van der Waals surface area (Å²) in [6.07, 6.45) is -8.31. The van der Waals surface area contributed by atoms with Crippen molar-refractivity contribution in [3.63, 3.8) is 0 Å². The Morgan fingerprint density at radius 3 is 2.33 bits per heavy atom. The normalized spacial score (nSPS) is 57.6. The zero-order valence-electron chi connectivity index (χ0n) is 18.2. The summed E-state index contributed by atoms with van der Waals surface area (Å²) in [5, 5.41) is 39.0. The molecule has 178 valence electrons. The molecule has 4 saturated heterocycles. The van der Waals surface area contributed by atoms with Gasteiger partial charge >= 0.3 is 17.9 Å². The molecule has 12 atom stereocenters. The molecule has 0 aromatic heterocycles. The average molecular weight is 465 g/mol. The van der Waals surface area contributed by atoms with Crippen LogP contribution >= 0.6 is 0 Å². The van der Waals surface area contributed by atoms with E-state index in [0.717, 1.165) is 0 Å². The Labute approximate surface area is 186 Å². The molecule has 6 aliphatic rings. The van der Waals surface area contributed by atoms with E-state index in [1.54, 1.807) is 20.8 Å². The summed E-state index contributed by atoms with van der Waals surface area (Å²) >= 11 is 0. The Balaban J connectivity index is 1.76. The third kappa shape index (κ3) is 1.60. The molecule has 6 rings (SSSR count). The van der Waals surface area contributed by atoms with Crippen molar-refractivity contribution in [1.29, 1.82) is 0 Å². The maximum absolute atomic E-state index is 13.6. The van der Waals surface area contributed by atoms with Gasteiger partial charge in [0.05, 0.1) is 22.8 Å². The molecule has 8 unspecified atom stereocenters. The lowest BCUT2D eigenvalue weighted by Gasteiger charge is -2.47. The van der Waals surface area contributed by atoms with E-state index in [4.69, 9.17) is 18.9 Å². The topological polar surface area (TPSA) is 198 Å². The van der Waals surface area contributed by atoms with Gasteiger partial charge in [0.1, 0.15) is 12.2 Å². The second-order valence-corrected chi connectivity index (χ2v) is 11.0. The maximum Gasteiger partial charge on any atom is 0.343 e. The molecular weight excluding hydrogens is 442 g/mol. The number of nitrogens with zero attached hydrogens (tertiary/aromatic N) is 3. The second-order valence-electron chi connectivity index (χ2n) is 11.0. The summed E-state index contributed by atoms with van der Waals surface area (Å²) in [5.41, 5.74) is -0.138. The van der Waals surface area contributed by atoms with Crippen LogP contribution < -0.4 is 0 Å². The largest absolute Gasteiger partial charge is 0.459 e. The van der Waals surface area contributed by atoms with E-state index in [2.05, 4.69) is 10.0 Å². The van der Waals surface area contributed by atoms with Gasteiger partial charge < -0.3 is 34.3 Å². The van der Waals surface area contributed by atoms with Crippen molar-refractivity contribution < 1.29 is 48.7 Å². The number of aliphatic hydroxyl groups is 3. The molecule has 13 nitrogen and oxygen atoms in total. The van der Waals surface area contributed by atoms with Crippen LogP contribution in [0.2, 0.25) is 0 Å². The van der Waals surface area contributed by atoms with Gasteiger partial charge in [-0.3, -0.25) is 4.79 Å². The van der Waals surface area contributed by atoms with Crippen LogP contribution in [0.4, 0.5) is 0 Å². The standard InChI is InChI=1S/C20H23N3O10/c1-5-12(26)30-11-8(24)18-10-6(22-23-21)7(16(2,3)4)17(18)9(25)13(27)32-15(17)33-20(18,14(28)31-10)19(5,11)29/h5-11,15,24-25,29H,1-4H3/t5-,6?,7?,8+,9+,10?,11?,15?,17?,18?,19-,20?/m1/s1. The molecule has 0 amide bonds. The highest BCUT2D eigenvalue weighted by Crippen LogP contribution is 2.84. The predicted octanol–water partition coefficient (Wildman–Crippen LogP) is -1.08. The molecule has 3 N–H and O–H groups in total. The number of azide groups is 1.